The molecule has 88 valence electrons. The van der Waals surface area contributed by atoms with Crippen LogP contribution in [-0.2, 0) is 0 Å². The lowest BCUT2D eigenvalue weighted by molar-refractivity contribution is 0.628. The van der Waals surface area contributed by atoms with E-state index in [0.29, 0.717) is 0 Å². The standard InChI is InChI=1S/C13H12BrFN2/c1-2-17(12-6-4-11(15)5-7-12)13-8-3-10(14)9-16-13/h3-9H,2H2,1H3. The minimum atomic E-state index is -0.228. The molecule has 0 atom stereocenters. The van der Waals surface area contributed by atoms with Crippen LogP contribution in [0.15, 0.2) is 47.1 Å². The number of hydrogen-bond acceptors (Lipinski definition) is 2. The molecule has 1 aromatic heterocycles. The van der Waals surface area contributed by atoms with Crippen molar-refractivity contribution in [3.63, 3.8) is 0 Å². The molecule has 1 aromatic carbocycles. The first-order valence-corrected chi connectivity index (χ1v) is 6.14. The number of benzene rings is 1. The lowest BCUT2D eigenvalue weighted by Gasteiger charge is -2.21. The molecule has 0 bridgehead atoms. The number of aromatic nitrogens is 1. The lowest BCUT2D eigenvalue weighted by Crippen LogP contribution is -2.17. The normalized spacial score (nSPS) is 10.3. The van der Waals surface area contributed by atoms with E-state index < -0.39 is 0 Å². The molecule has 2 rings (SSSR count). The minimum Gasteiger partial charge on any atom is -0.327 e. The number of halogens is 2. The summed E-state index contributed by atoms with van der Waals surface area (Å²) >= 11 is 3.35. The third-order valence-corrected chi connectivity index (χ3v) is 2.91. The Labute approximate surface area is 108 Å². The fourth-order valence-corrected chi connectivity index (χ4v) is 1.86. The summed E-state index contributed by atoms with van der Waals surface area (Å²) in [6, 6.07) is 10.3. The molecule has 1 heterocycles. The van der Waals surface area contributed by atoms with E-state index in [0.717, 1.165) is 22.5 Å². The van der Waals surface area contributed by atoms with Crippen molar-refractivity contribution < 1.29 is 4.39 Å². The average Bonchev–Trinajstić information content (AvgIpc) is 2.35. The SMILES string of the molecule is CCN(c1ccc(F)cc1)c1ccc(Br)cn1. The van der Waals surface area contributed by atoms with Crippen molar-refractivity contribution >= 4 is 27.4 Å². The molecule has 0 saturated heterocycles. The van der Waals surface area contributed by atoms with Crippen LogP contribution in [0.4, 0.5) is 15.9 Å². The highest BCUT2D eigenvalue weighted by Gasteiger charge is 2.08. The molecule has 0 unspecified atom stereocenters. The third kappa shape index (κ3) is 2.82. The molecule has 0 aliphatic heterocycles. The van der Waals surface area contributed by atoms with E-state index >= 15 is 0 Å². The summed E-state index contributed by atoms with van der Waals surface area (Å²) in [6.07, 6.45) is 1.75. The highest BCUT2D eigenvalue weighted by molar-refractivity contribution is 9.10. The summed E-state index contributed by atoms with van der Waals surface area (Å²) in [4.78, 5) is 6.35. The summed E-state index contributed by atoms with van der Waals surface area (Å²) in [7, 11) is 0. The van der Waals surface area contributed by atoms with Gasteiger partial charge in [0.25, 0.3) is 0 Å². The Kier molecular flexibility index (Phi) is 3.74. The van der Waals surface area contributed by atoms with Gasteiger partial charge in [-0.2, -0.15) is 0 Å². The zero-order valence-electron chi connectivity index (χ0n) is 9.40. The van der Waals surface area contributed by atoms with Crippen molar-refractivity contribution in [1.29, 1.82) is 0 Å². The quantitative estimate of drug-likeness (QED) is 0.846. The maximum atomic E-state index is 12.9. The Morgan fingerprint density at radius 3 is 2.41 bits per heavy atom. The minimum absolute atomic E-state index is 0.228. The molecule has 0 spiro atoms. The molecule has 0 N–H and O–H groups in total. The summed E-state index contributed by atoms with van der Waals surface area (Å²) in [5, 5.41) is 0. The predicted octanol–water partition coefficient (Wildman–Crippen LogP) is 4.14. The second kappa shape index (κ2) is 5.27. The van der Waals surface area contributed by atoms with Crippen LogP contribution in [0.2, 0.25) is 0 Å². The first-order valence-electron chi connectivity index (χ1n) is 5.35. The van der Waals surface area contributed by atoms with Gasteiger partial charge in [-0.15, -0.1) is 0 Å². The van der Waals surface area contributed by atoms with Gasteiger partial charge in [0.2, 0.25) is 0 Å². The van der Waals surface area contributed by atoms with Crippen molar-refractivity contribution in [2.75, 3.05) is 11.4 Å². The Bertz CT molecular complexity index is 436. The van der Waals surface area contributed by atoms with E-state index in [1.165, 1.54) is 12.1 Å². The number of hydrogen-bond donors (Lipinski definition) is 0. The van der Waals surface area contributed by atoms with Gasteiger partial charge in [-0.25, -0.2) is 9.37 Å². The molecule has 0 aliphatic carbocycles. The van der Waals surface area contributed by atoms with Crippen LogP contribution in [0, 0.1) is 5.82 Å². The van der Waals surface area contributed by atoms with E-state index in [1.807, 2.05) is 24.0 Å². The number of pyridine rings is 1. The first-order chi connectivity index (χ1) is 8.20. The highest BCUT2D eigenvalue weighted by Crippen LogP contribution is 2.24. The van der Waals surface area contributed by atoms with E-state index in [-0.39, 0.29) is 5.82 Å². The van der Waals surface area contributed by atoms with Gasteiger partial charge >= 0.3 is 0 Å². The molecule has 0 amide bonds. The molecule has 0 aliphatic rings. The Hall–Kier alpha value is -1.42. The zero-order valence-corrected chi connectivity index (χ0v) is 11.0. The van der Waals surface area contributed by atoms with Crippen LogP contribution >= 0.6 is 15.9 Å². The van der Waals surface area contributed by atoms with Crippen molar-refractivity contribution in [1.82, 2.24) is 4.98 Å². The molecule has 2 nitrogen and oxygen atoms in total. The van der Waals surface area contributed by atoms with Gasteiger partial charge in [0.1, 0.15) is 11.6 Å². The smallest absolute Gasteiger partial charge is 0.132 e. The van der Waals surface area contributed by atoms with E-state index in [9.17, 15) is 4.39 Å². The molecular formula is C13H12BrFN2. The van der Waals surface area contributed by atoms with Crippen LogP contribution in [-0.4, -0.2) is 11.5 Å². The maximum absolute atomic E-state index is 12.9. The fraction of sp³-hybridized carbons (Fsp3) is 0.154. The summed E-state index contributed by atoms with van der Waals surface area (Å²) in [5.74, 6) is 0.621. The van der Waals surface area contributed by atoms with Crippen LogP contribution in [0.1, 0.15) is 6.92 Å². The van der Waals surface area contributed by atoms with Crippen LogP contribution in [0.25, 0.3) is 0 Å². The zero-order chi connectivity index (χ0) is 12.3. The Balaban J connectivity index is 2.33. The van der Waals surface area contributed by atoms with Crippen LogP contribution in [0.5, 0.6) is 0 Å². The van der Waals surface area contributed by atoms with E-state index in [2.05, 4.69) is 20.9 Å². The Morgan fingerprint density at radius 2 is 1.88 bits per heavy atom. The molecule has 2 aromatic rings. The maximum Gasteiger partial charge on any atom is 0.132 e. The lowest BCUT2D eigenvalue weighted by atomic mass is 10.2. The van der Waals surface area contributed by atoms with Gasteiger partial charge in [-0.3, -0.25) is 0 Å². The van der Waals surface area contributed by atoms with Crippen molar-refractivity contribution in [2.24, 2.45) is 0 Å². The second-order valence-corrected chi connectivity index (χ2v) is 4.47. The molecule has 4 heteroatoms. The largest absolute Gasteiger partial charge is 0.327 e. The van der Waals surface area contributed by atoms with Gasteiger partial charge in [-0.1, -0.05) is 0 Å². The second-order valence-electron chi connectivity index (χ2n) is 3.56. The van der Waals surface area contributed by atoms with Crippen molar-refractivity contribution in [3.8, 4) is 0 Å². The van der Waals surface area contributed by atoms with Gasteiger partial charge in [0, 0.05) is 22.9 Å². The van der Waals surface area contributed by atoms with E-state index in [1.54, 1.807) is 18.3 Å². The topological polar surface area (TPSA) is 16.1 Å². The fourth-order valence-electron chi connectivity index (χ4n) is 1.63. The Morgan fingerprint density at radius 1 is 1.18 bits per heavy atom. The van der Waals surface area contributed by atoms with E-state index in [4.69, 9.17) is 0 Å². The highest BCUT2D eigenvalue weighted by atomic mass is 79.9. The predicted molar refractivity (Wildman–Crippen MR) is 71.0 cm³/mol. The molecule has 0 radical (unpaired) electrons. The number of anilines is 2. The third-order valence-electron chi connectivity index (χ3n) is 2.44. The molecule has 0 fully saturated rings. The van der Waals surface area contributed by atoms with Crippen molar-refractivity contribution in [2.45, 2.75) is 6.92 Å². The monoisotopic (exact) mass is 294 g/mol. The summed E-state index contributed by atoms with van der Waals surface area (Å²) in [6.45, 7) is 2.81. The van der Waals surface area contributed by atoms with Crippen molar-refractivity contribution in [3.05, 3.63) is 52.9 Å². The van der Waals surface area contributed by atoms with Gasteiger partial charge in [0.05, 0.1) is 0 Å². The molecular weight excluding hydrogens is 283 g/mol. The van der Waals surface area contributed by atoms with Gasteiger partial charge < -0.3 is 4.90 Å². The average molecular weight is 295 g/mol. The summed E-state index contributed by atoms with van der Waals surface area (Å²) in [5.41, 5.74) is 0.934. The molecule has 17 heavy (non-hydrogen) atoms. The number of rotatable bonds is 3. The summed E-state index contributed by atoms with van der Waals surface area (Å²) < 4.78 is 13.8. The number of nitrogens with zero attached hydrogens (tertiary/aromatic N) is 2. The van der Waals surface area contributed by atoms with Gasteiger partial charge in [-0.05, 0) is 59.3 Å². The first kappa shape index (κ1) is 12.0. The van der Waals surface area contributed by atoms with Crippen LogP contribution < -0.4 is 4.90 Å². The van der Waals surface area contributed by atoms with Crippen LogP contribution in [0.3, 0.4) is 0 Å². The van der Waals surface area contributed by atoms with Gasteiger partial charge in [0.15, 0.2) is 0 Å². The molecule has 0 saturated carbocycles.